The predicted molar refractivity (Wildman–Crippen MR) is 146 cm³/mol. The summed E-state index contributed by atoms with van der Waals surface area (Å²) in [6, 6.07) is 0. The first-order valence-electron chi connectivity index (χ1n) is 14.1. The number of cyclic esters (lactones) is 1. The van der Waals surface area contributed by atoms with Crippen LogP contribution in [0, 0.1) is 6.92 Å². The molecule has 0 radical (unpaired) electrons. The van der Waals surface area contributed by atoms with Crippen molar-refractivity contribution in [2.24, 2.45) is 0 Å². The molecule has 9 nitrogen and oxygen atoms in total. The average molecular weight is 546 g/mol. The number of rotatable bonds is 15. The largest absolute Gasteiger partial charge is 0.496 e. The molecule has 1 aromatic carbocycles. The lowest BCUT2D eigenvalue weighted by Gasteiger charge is -2.26. The molecule has 0 bridgehead atoms. The van der Waals surface area contributed by atoms with Crippen molar-refractivity contribution in [2.45, 2.75) is 78.7 Å². The van der Waals surface area contributed by atoms with E-state index in [4.69, 9.17) is 23.7 Å². The van der Waals surface area contributed by atoms with Crippen LogP contribution in [0.15, 0.2) is 11.6 Å². The molecule has 1 saturated heterocycles. The van der Waals surface area contributed by atoms with E-state index in [0.29, 0.717) is 61.6 Å². The van der Waals surface area contributed by atoms with E-state index in [1.165, 1.54) is 0 Å². The highest BCUT2D eigenvalue weighted by Crippen LogP contribution is 2.43. The molecule has 2 aliphatic heterocycles. The minimum atomic E-state index is -0.494. The van der Waals surface area contributed by atoms with Gasteiger partial charge in [0.2, 0.25) is 0 Å². The van der Waals surface area contributed by atoms with E-state index in [-0.39, 0.29) is 37.1 Å². The number of hydrogen-bond donors (Lipinski definition) is 0. The minimum Gasteiger partial charge on any atom is -0.496 e. The van der Waals surface area contributed by atoms with Gasteiger partial charge in [0, 0.05) is 43.6 Å². The zero-order valence-corrected chi connectivity index (χ0v) is 23.9. The number of unbranched alkanes of at least 4 members (excludes halogenated alkanes) is 3. The number of hydrogen-bond acceptors (Lipinski definition) is 9. The van der Waals surface area contributed by atoms with Crippen molar-refractivity contribution < 1.29 is 38.1 Å². The Hall–Kier alpha value is -2.91. The fraction of sp³-hybridized carbons (Fsp3) is 0.633. The average Bonchev–Trinajstić information content (AvgIpc) is 3.32. The van der Waals surface area contributed by atoms with Crippen LogP contribution in [0.3, 0.4) is 0 Å². The first-order valence-corrected chi connectivity index (χ1v) is 14.1. The van der Waals surface area contributed by atoms with Crippen LogP contribution in [0.5, 0.6) is 11.5 Å². The summed E-state index contributed by atoms with van der Waals surface area (Å²) in [5.74, 6) is -0.302. The Morgan fingerprint density at radius 1 is 1.03 bits per heavy atom. The molecule has 0 N–H and O–H groups in total. The van der Waals surface area contributed by atoms with Gasteiger partial charge in [-0.05, 0) is 38.7 Å². The fourth-order valence-corrected chi connectivity index (χ4v) is 4.85. The van der Waals surface area contributed by atoms with Gasteiger partial charge in [-0.25, -0.2) is 4.79 Å². The van der Waals surface area contributed by atoms with Crippen LogP contribution in [-0.4, -0.2) is 69.4 Å². The van der Waals surface area contributed by atoms with Gasteiger partial charge in [0.05, 0.1) is 20.3 Å². The lowest BCUT2D eigenvalue weighted by molar-refractivity contribution is -0.144. The van der Waals surface area contributed by atoms with Crippen molar-refractivity contribution in [3.8, 4) is 11.5 Å². The molecule has 39 heavy (non-hydrogen) atoms. The van der Waals surface area contributed by atoms with Gasteiger partial charge in [-0.1, -0.05) is 37.8 Å². The number of carbonyl (C=O) groups is 3. The summed E-state index contributed by atoms with van der Waals surface area (Å²) < 4.78 is 27.6. The number of ether oxygens (including phenoxy) is 5. The molecule has 0 aliphatic carbocycles. The minimum absolute atomic E-state index is 0.125. The molecule has 0 aromatic heterocycles. The van der Waals surface area contributed by atoms with Gasteiger partial charge in [-0.3, -0.25) is 14.5 Å². The van der Waals surface area contributed by atoms with Crippen LogP contribution in [0.25, 0.3) is 0 Å². The predicted octanol–water partition coefficient (Wildman–Crippen LogP) is 4.69. The second-order valence-corrected chi connectivity index (χ2v) is 10.1. The summed E-state index contributed by atoms with van der Waals surface area (Å²) in [6.45, 7) is 10.3. The van der Waals surface area contributed by atoms with Crippen LogP contribution < -0.4 is 9.47 Å². The van der Waals surface area contributed by atoms with Crippen molar-refractivity contribution >= 4 is 17.9 Å². The van der Waals surface area contributed by atoms with E-state index >= 15 is 0 Å². The van der Waals surface area contributed by atoms with Gasteiger partial charge >= 0.3 is 17.9 Å². The SMILES string of the molecule is CCCCCCC(=O)Oc1c(C/C=C(\C)CCC(=O)OCCN2CCOCC2)c(OC)c(C)c2c1C(=O)OC2. The van der Waals surface area contributed by atoms with Crippen molar-refractivity contribution in [1.29, 1.82) is 0 Å². The van der Waals surface area contributed by atoms with Crippen LogP contribution in [-0.2, 0) is 36.8 Å². The number of benzene rings is 1. The molecule has 2 heterocycles. The van der Waals surface area contributed by atoms with E-state index in [1.807, 2.05) is 19.9 Å². The monoisotopic (exact) mass is 545 g/mol. The maximum absolute atomic E-state index is 12.7. The first-order chi connectivity index (χ1) is 18.8. The Morgan fingerprint density at radius 3 is 2.51 bits per heavy atom. The molecule has 3 rings (SSSR count). The Kier molecular flexibility index (Phi) is 12.3. The zero-order chi connectivity index (χ0) is 28.2. The third kappa shape index (κ3) is 8.80. The van der Waals surface area contributed by atoms with Crippen molar-refractivity contribution in [3.63, 3.8) is 0 Å². The van der Waals surface area contributed by atoms with Gasteiger partial charge in [-0.2, -0.15) is 0 Å². The maximum atomic E-state index is 12.7. The van der Waals surface area contributed by atoms with Gasteiger partial charge in [0.15, 0.2) is 5.75 Å². The standard InChI is InChI=1S/C30H43NO8/c1-5-6-7-8-9-26(33)39-29-23(28(35-4)22(3)24-20-38-30(34)27(24)29)12-10-21(2)11-13-25(32)37-19-16-31-14-17-36-18-15-31/h10H,5-9,11-20H2,1-4H3/b21-10+. The molecule has 1 aromatic rings. The highest BCUT2D eigenvalue weighted by atomic mass is 16.6. The topological polar surface area (TPSA) is 101 Å². The number of morpholine rings is 1. The molecule has 0 unspecified atom stereocenters. The van der Waals surface area contributed by atoms with E-state index in [1.54, 1.807) is 7.11 Å². The Balaban J connectivity index is 1.66. The molecule has 9 heteroatoms. The number of methoxy groups -OCH3 is 1. The second kappa shape index (κ2) is 15.6. The van der Waals surface area contributed by atoms with Crippen LogP contribution in [0.4, 0.5) is 0 Å². The zero-order valence-electron chi connectivity index (χ0n) is 23.9. The lowest BCUT2D eigenvalue weighted by Crippen LogP contribution is -2.38. The molecular weight excluding hydrogens is 502 g/mol. The van der Waals surface area contributed by atoms with E-state index in [9.17, 15) is 14.4 Å². The number of allylic oxidation sites excluding steroid dienone is 2. The molecular formula is C30H43NO8. The smallest absolute Gasteiger partial charge is 0.342 e. The summed E-state index contributed by atoms with van der Waals surface area (Å²) in [4.78, 5) is 39.8. The van der Waals surface area contributed by atoms with Crippen LogP contribution in [0.1, 0.15) is 85.8 Å². The van der Waals surface area contributed by atoms with Crippen LogP contribution >= 0.6 is 0 Å². The lowest BCUT2D eigenvalue weighted by atomic mass is 9.94. The second-order valence-electron chi connectivity index (χ2n) is 10.1. The molecule has 2 aliphatic rings. The molecule has 216 valence electrons. The van der Waals surface area contributed by atoms with E-state index < -0.39 is 5.97 Å². The number of esters is 3. The third-order valence-corrected chi connectivity index (χ3v) is 7.23. The van der Waals surface area contributed by atoms with Gasteiger partial charge in [0.1, 0.15) is 24.5 Å². The van der Waals surface area contributed by atoms with Gasteiger partial charge < -0.3 is 23.7 Å². The number of fused-ring (bicyclic) bond motifs is 1. The maximum Gasteiger partial charge on any atom is 0.342 e. The van der Waals surface area contributed by atoms with Crippen LogP contribution in [0.2, 0.25) is 0 Å². The molecule has 0 atom stereocenters. The number of nitrogens with zero attached hydrogens (tertiary/aromatic N) is 1. The summed E-state index contributed by atoms with van der Waals surface area (Å²) in [5, 5.41) is 0. The Bertz CT molecular complexity index is 1040. The van der Waals surface area contributed by atoms with E-state index in [2.05, 4.69) is 11.8 Å². The third-order valence-electron chi connectivity index (χ3n) is 7.23. The first kappa shape index (κ1) is 30.6. The number of carbonyl (C=O) groups excluding carboxylic acids is 3. The quantitative estimate of drug-likeness (QED) is 0.134. The van der Waals surface area contributed by atoms with Crippen molar-refractivity contribution in [3.05, 3.63) is 33.9 Å². The normalized spacial score (nSPS) is 15.6. The Morgan fingerprint density at radius 2 is 1.79 bits per heavy atom. The molecule has 0 spiro atoms. The highest BCUT2D eigenvalue weighted by Gasteiger charge is 2.34. The summed E-state index contributed by atoms with van der Waals surface area (Å²) in [7, 11) is 1.57. The van der Waals surface area contributed by atoms with E-state index in [0.717, 1.165) is 49.9 Å². The molecule has 1 fully saturated rings. The highest BCUT2D eigenvalue weighted by molar-refractivity contribution is 5.99. The van der Waals surface area contributed by atoms with Crippen molar-refractivity contribution in [2.75, 3.05) is 46.6 Å². The fourth-order valence-electron chi connectivity index (χ4n) is 4.85. The summed E-state index contributed by atoms with van der Waals surface area (Å²) >= 11 is 0. The molecule has 0 saturated carbocycles. The van der Waals surface area contributed by atoms with Gasteiger partial charge in [0.25, 0.3) is 0 Å². The van der Waals surface area contributed by atoms with Gasteiger partial charge in [-0.15, -0.1) is 0 Å². The molecule has 0 amide bonds. The summed E-state index contributed by atoms with van der Waals surface area (Å²) in [5.41, 5.74) is 3.41. The summed E-state index contributed by atoms with van der Waals surface area (Å²) in [6.07, 6.45) is 7.27. The van der Waals surface area contributed by atoms with Crippen molar-refractivity contribution in [1.82, 2.24) is 4.90 Å². The Labute approximate surface area is 231 Å².